The van der Waals surface area contributed by atoms with Gasteiger partial charge in [0, 0.05) is 0 Å². The second kappa shape index (κ2) is 4.81. The highest BCUT2D eigenvalue weighted by atomic mass is 15.1. The lowest BCUT2D eigenvalue weighted by atomic mass is 9.56. The Morgan fingerprint density at radius 1 is 1.27 bits per heavy atom. The molecule has 0 unspecified atom stereocenters. The monoisotopic (exact) mass is 153 g/mol. The Kier molecular flexibility index (Phi) is 3.99. The molecule has 0 spiro atoms. The van der Waals surface area contributed by atoms with E-state index in [1.807, 2.05) is 0 Å². The smallest absolute Gasteiger partial charge is 0.223 e. The maximum absolute atomic E-state index is 2.67. The van der Waals surface area contributed by atoms with Gasteiger partial charge < -0.3 is 4.81 Å². The lowest BCUT2D eigenvalue weighted by molar-refractivity contribution is 0.462. The van der Waals surface area contributed by atoms with Crippen molar-refractivity contribution in [1.29, 1.82) is 0 Å². The Balaban J connectivity index is 2.25. The van der Waals surface area contributed by atoms with E-state index in [2.05, 4.69) is 18.7 Å². The van der Waals surface area contributed by atoms with Crippen LogP contribution >= 0.6 is 0 Å². The largest absolute Gasteiger partial charge is 0.342 e. The average Bonchev–Trinajstić information content (AvgIpc) is 2.39. The van der Waals surface area contributed by atoms with Crippen molar-refractivity contribution in [2.45, 2.75) is 45.8 Å². The highest BCUT2D eigenvalue weighted by molar-refractivity contribution is 6.56. The molecule has 1 saturated heterocycles. The van der Waals surface area contributed by atoms with Gasteiger partial charge in [-0.2, -0.15) is 0 Å². The summed E-state index contributed by atoms with van der Waals surface area (Å²) in [4.78, 5) is 2.67. The average molecular weight is 153 g/mol. The Morgan fingerprint density at radius 2 is 2.09 bits per heavy atom. The van der Waals surface area contributed by atoms with Crippen molar-refractivity contribution in [3.05, 3.63) is 0 Å². The summed E-state index contributed by atoms with van der Waals surface area (Å²) in [5.74, 6) is 0. The van der Waals surface area contributed by atoms with Crippen LogP contribution in [0.5, 0.6) is 0 Å². The van der Waals surface area contributed by atoms with Crippen molar-refractivity contribution in [2.75, 3.05) is 13.1 Å². The molecule has 0 aromatic rings. The number of hydrogen-bond acceptors (Lipinski definition) is 1. The summed E-state index contributed by atoms with van der Waals surface area (Å²) in [6.45, 7) is 8.19. The maximum Gasteiger partial charge on any atom is 0.223 e. The molecule has 1 fully saturated rings. The van der Waals surface area contributed by atoms with Crippen LogP contribution in [0.25, 0.3) is 0 Å². The first-order chi connectivity index (χ1) is 5.38. The third-order valence-electron chi connectivity index (χ3n) is 2.63. The van der Waals surface area contributed by atoms with Crippen molar-refractivity contribution >= 4 is 6.85 Å². The minimum Gasteiger partial charge on any atom is -0.342 e. The molecule has 0 radical (unpaired) electrons. The predicted molar refractivity (Wildman–Crippen MR) is 52.1 cm³/mol. The summed E-state index contributed by atoms with van der Waals surface area (Å²) in [5.41, 5.74) is 0. The van der Waals surface area contributed by atoms with Gasteiger partial charge in [0.2, 0.25) is 6.85 Å². The zero-order chi connectivity index (χ0) is 8.10. The zero-order valence-electron chi connectivity index (χ0n) is 7.97. The highest BCUT2D eigenvalue weighted by Gasteiger charge is 2.25. The van der Waals surface area contributed by atoms with Crippen molar-refractivity contribution in [2.24, 2.45) is 0 Å². The summed E-state index contributed by atoms with van der Waals surface area (Å²) < 4.78 is 0. The molecule has 1 rings (SSSR count). The molecule has 0 bridgehead atoms. The summed E-state index contributed by atoms with van der Waals surface area (Å²) in [6, 6.07) is 0. The van der Waals surface area contributed by atoms with E-state index in [0.29, 0.717) is 0 Å². The molecule has 64 valence electrons. The van der Waals surface area contributed by atoms with E-state index in [1.165, 1.54) is 45.0 Å². The van der Waals surface area contributed by atoms with Gasteiger partial charge in [0.05, 0.1) is 0 Å². The lowest BCUT2D eigenvalue weighted by Gasteiger charge is -2.20. The molecule has 1 nitrogen and oxygen atoms in total. The minimum atomic E-state index is 0.931. The molecule has 1 aliphatic heterocycles. The maximum atomic E-state index is 2.67. The Bertz CT molecular complexity index is 93.7. The van der Waals surface area contributed by atoms with Gasteiger partial charge in [0.15, 0.2) is 0 Å². The zero-order valence-corrected chi connectivity index (χ0v) is 7.97. The summed E-state index contributed by atoms with van der Waals surface area (Å²) in [6.07, 6.45) is 6.98. The Hall–Kier alpha value is 0.0249. The summed E-state index contributed by atoms with van der Waals surface area (Å²) in [7, 11) is 0. The Labute approximate surface area is 71.3 Å². The SMILES string of the molecule is CCCB1CCCN1CCC. The van der Waals surface area contributed by atoms with Crippen molar-refractivity contribution in [1.82, 2.24) is 4.81 Å². The van der Waals surface area contributed by atoms with Crippen molar-refractivity contribution in [3.8, 4) is 0 Å². The van der Waals surface area contributed by atoms with Crippen molar-refractivity contribution < 1.29 is 0 Å². The molecule has 1 aliphatic rings. The standard InChI is InChI=1S/C9H20BN/c1-3-6-10-7-5-9-11(10)8-4-2/h3-9H2,1-2H3. The molecule has 11 heavy (non-hydrogen) atoms. The molecule has 1 heterocycles. The normalized spacial score (nSPS) is 19.6. The van der Waals surface area contributed by atoms with Crippen LogP contribution in [0.4, 0.5) is 0 Å². The first-order valence-electron chi connectivity index (χ1n) is 5.12. The lowest BCUT2D eigenvalue weighted by Crippen LogP contribution is -2.33. The van der Waals surface area contributed by atoms with Gasteiger partial charge in [-0.1, -0.05) is 32.9 Å². The van der Waals surface area contributed by atoms with Gasteiger partial charge in [-0.05, 0) is 25.9 Å². The fourth-order valence-corrected chi connectivity index (χ4v) is 2.14. The van der Waals surface area contributed by atoms with Crippen LogP contribution in [-0.4, -0.2) is 24.7 Å². The Morgan fingerprint density at radius 3 is 2.73 bits per heavy atom. The molecule has 0 saturated carbocycles. The van der Waals surface area contributed by atoms with Crippen LogP contribution < -0.4 is 0 Å². The first-order valence-corrected chi connectivity index (χ1v) is 5.12. The molecule has 0 N–H and O–H groups in total. The van der Waals surface area contributed by atoms with Gasteiger partial charge in [-0.3, -0.25) is 0 Å². The molecule has 0 atom stereocenters. The number of nitrogens with zero attached hydrogens (tertiary/aromatic N) is 1. The molecule has 2 heteroatoms. The quantitative estimate of drug-likeness (QED) is 0.561. The third-order valence-corrected chi connectivity index (χ3v) is 2.63. The van der Waals surface area contributed by atoms with Crippen LogP contribution in [0.1, 0.15) is 33.1 Å². The molecular weight excluding hydrogens is 133 g/mol. The van der Waals surface area contributed by atoms with E-state index in [1.54, 1.807) is 0 Å². The first kappa shape index (κ1) is 9.12. The second-order valence-corrected chi connectivity index (χ2v) is 3.62. The van der Waals surface area contributed by atoms with E-state index < -0.39 is 0 Å². The number of hydrogen-bond donors (Lipinski definition) is 0. The fourth-order valence-electron chi connectivity index (χ4n) is 2.14. The summed E-state index contributed by atoms with van der Waals surface area (Å²) >= 11 is 0. The molecule has 0 aromatic carbocycles. The van der Waals surface area contributed by atoms with E-state index in [9.17, 15) is 0 Å². The van der Waals surface area contributed by atoms with Gasteiger partial charge in [0.1, 0.15) is 0 Å². The number of rotatable bonds is 4. The van der Waals surface area contributed by atoms with Gasteiger partial charge in [-0.15, -0.1) is 0 Å². The molecule has 0 amide bonds. The van der Waals surface area contributed by atoms with Crippen molar-refractivity contribution in [3.63, 3.8) is 0 Å². The third kappa shape index (κ3) is 2.51. The van der Waals surface area contributed by atoms with Gasteiger partial charge in [-0.25, -0.2) is 0 Å². The van der Waals surface area contributed by atoms with E-state index in [-0.39, 0.29) is 0 Å². The molecule has 0 aliphatic carbocycles. The second-order valence-electron chi connectivity index (χ2n) is 3.62. The van der Waals surface area contributed by atoms with E-state index in [4.69, 9.17) is 0 Å². The molecular formula is C9H20BN. The topological polar surface area (TPSA) is 3.24 Å². The van der Waals surface area contributed by atoms with E-state index in [0.717, 1.165) is 6.85 Å². The van der Waals surface area contributed by atoms with Gasteiger partial charge >= 0.3 is 0 Å². The van der Waals surface area contributed by atoms with Crippen LogP contribution in [0.3, 0.4) is 0 Å². The van der Waals surface area contributed by atoms with Crippen LogP contribution in [-0.2, 0) is 0 Å². The van der Waals surface area contributed by atoms with E-state index >= 15 is 0 Å². The minimum absolute atomic E-state index is 0.931. The van der Waals surface area contributed by atoms with Crippen LogP contribution in [0.2, 0.25) is 12.6 Å². The molecule has 0 aromatic heterocycles. The summed E-state index contributed by atoms with van der Waals surface area (Å²) in [5, 5.41) is 0. The van der Waals surface area contributed by atoms with Crippen LogP contribution in [0.15, 0.2) is 0 Å². The van der Waals surface area contributed by atoms with Gasteiger partial charge in [0.25, 0.3) is 0 Å². The van der Waals surface area contributed by atoms with Crippen LogP contribution in [0, 0.1) is 0 Å². The highest BCUT2D eigenvalue weighted by Crippen LogP contribution is 2.19. The fraction of sp³-hybridized carbons (Fsp3) is 1.00. The predicted octanol–water partition coefficient (Wildman–Crippen LogP) is 2.50.